The number of hydrogen-bond donors (Lipinski definition) is 3. The van der Waals surface area contributed by atoms with Crippen LogP contribution in [-0.4, -0.2) is 54.7 Å². The first kappa shape index (κ1) is 20.3. The van der Waals surface area contributed by atoms with E-state index < -0.39 is 0 Å². The molecule has 28 heavy (non-hydrogen) atoms. The van der Waals surface area contributed by atoms with Crippen LogP contribution in [0.1, 0.15) is 44.6 Å². The van der Waals surface area contributed by atoms with Crippen molar-refractivity contribution in [3.05, 3.63) is 23.8 Å². The molecule has 3 rings (SSSR count). The zero-order valence-corrected chi connectivity index (χ0v) is 16.9. The third-order valence-corrected chi connectivity index (χ3v) is 5.55. The normalized spacial score (nSPS) is 20.4. The first-order valence-electron chi connectivity index (χ1n) is 10.3. The van der Waals surface area contributed by atoms with Crippen LogP contribution in [0.15, 0.2) is 23.2 Å². The number of rotatable bonds is 6. The highest BCUT2D eigenvalue weighted by Gasteiger charge is 2.32. The molecule has 154 valence electrons. The number of amides is 1. The predicted octanol–water partition coefficient (Wildman–Crippen LogP) is 2.25. The molecule has 2 fully saturated rings. The van der Waals surface area contributed by atoms with E-state index in [1.165, 1.54) is 20.0 Å². The Morgan fingerprint density at radius 2 is 2.11 bits per heavy atom. The number of benzene rings is 1. The van der Waals surface area contributed by atoms with Crippen LogP contribution in [0, 0.1) is 5.92 Å². The number of carbonyl (C=O) groups is 1. The molecular weight excluding hydrogens is 356 g/mol. The monoisotopic (exact) mass is 388 g/mol. The molecule has 1 atom stereocenters. The number of likely N-dealkylation sites (tertiary alicyclic amines) is 1. The smallest absolute Gasteiger partial charge is 0.225 e. The lowest BCUT2D eigenvalue weighted by atomic mass is 10.1. The van der Waals surface area contributed by atoms with Crippen molar-refractivity contribution in [1.82, 2.24) is 15.5 Å². The Bertz CT molecular complexity index is 701. The molecule has 1 amide bonds. The second-order valence-corrected chi connectivity index (χ2v) is 7.60. The number of phenolic OH excluding ortho intramolecular Hbond substituents is 1. The van der Waals surface area contributed by atoms with Gasteiger partial charge in [0, 0.05) is 31.6 Å². The Balaban J connectivity index is 1.56. The second kappa shape index (κ2) is 9.66. The molecule has 1 saturated heterocycles. The standard InChI is InChI=1S/C21H32N4O3/c1-3-22-21(23-13-15-8-9-19(28-2)18(26)12-15)24-17-10-11-25(14-17)20(27)16-6-4-5-7-16/h8-9,12,16-17,26H,3-7,10-11,13-14H2,1-2H3,(H2,22,23,24). The average molecular weight is 389 g/mol. The fraction of sp³-hybridized carbons (Fsp3) is 0.619. The summed E-state index contributed by atoms with van der Waals surface area (Å²) in [5.74, 6) is 1.87. The number of aliphatic imine (C=N–C) groups is 1. The molecule has 1 aliphatic carbocycles. The Morgan fingerprint density at radius 3 is 2.79 bits per heavy atom. The van der Waals surface area contributed by atoms with Crippen LogP contribution in [0.5, 0.6) is 11.5 Å². The number of phenols is 1. The van der Waals surface area contributed by atoms with Gasteiger partial charge in [-0.05, 0) is 43.9 Å². The van der Waals surface area contributed by atoms with E-state index in [-0.39, 0.29) is 17.7 Å². The Kier molecular flexibility index (Phi) is 7.01. The van der Waals surface area contributed by atoms with Crippen LogP contribution in [0.25, 0.3) is 0 Å². The fourth-order valence-corrected chi connectivity index (χ4v) is 4.03. The summed E-state index contributed by atoms with van der Waals surface area (Å²) in [5.41, 5.74) is 0.903. The van der Waals surface area contributed by atoms with Gasteiger partial charge < -0.3 is 25.4 Å². The number of hydrogen-bond acceptors (Lipinski definition) is 4. The van der Waals surface area contributed by atoms with Gasteiger partial charge in [-0.25, -0.2) is 4.99 Å². The minimum Gasteiger partial charge on any atom is -0.504 e. The molecular formula is C21H32N4O3. The van der Waals surface area contributed by atoms with E-state index in [0.717, 1.165) is 50.4 Å². The maximum atomic E-state index is 12.6. The highest BCUT2D eigenvalue weighted by atomic mass is 16.5. The van der Waals surface area contributed by atoms with Crippen LogP contribution in [0.2, 0.25) is 0 Å². The van der Waals surface area contributed by atoms with Crippen LogP contribution < -0.4 is 15.4 Å². The minimum atomic E-state index is 0.116. The molecule has 1 aromatic rings. The molecule has 0 spiro atoms. The van der Waals surface area contributed by atoms with Gasteiger partial charge in [-0.1, -0.05) is 18.9 Å². The molecule has 1 heterocycles. The average Bonchev–Trinajstić information content (AvgIpc) is 3.38. The lowest BCUT2D eigenvalue weighted by Gasteiger charge is -2.21. The number of nitrogens with zero attached hydrogens (tertiary/aromatic N) is 2. The van der Waals surface area contributed by atoms with Crippen molar-refractivity contribution in [3.63, 3.8) is 0 Å². The van der Waals surface area contributed by atoms with Crippen molar-refractivity contribution in [2.75, 3.05) is 26.7 Å². The SMILES string of the molecule is CCNC(=NCc1ccc(OC)c(O)c1)NC1CCN(C(=O)C2CCCC2)C1. The van der Waals surface area contributed by atoms with Gasteiger partial charge in [-0.15, -0.1) is 0 Å². The summed E-state index contributed by atoms with van der Waals surface area (Å²) >= 11 is 0. The van der Waals surface area contributed by atoms with E-state index >= 15 is 0 Å². The second-order valence-electron chi connectivity index (χ2n) is 7.60. The van der Waals surface area contributed by atoms with Crippen molar-refractivity contribution in [3.8, 4) is 11.5 Å². The van der Waals surface area contributed by atoms with Crippen LogP contribution in [0.3, 0.4) is 0 Å². The van der Waals surface area contributed by atoms with E-state index in [1.807, 2.05) is 17.9 Å². The Morgan fingerprint density at radius 1 is 1.32 bits per heavy atom. The molecule has 1 aromatic carbocycles. The summed E-state index contributed by atoms with van der Waals surface area (Å²) in [7, 11) is 1.53. The minimum absolute atomic E-state index is 0.116. The van der Waals surface area contributed by atoms with Crippen LogP contribution >= 0.6 is 0 Å². The molecule has 0 radical (unpaired) electrons. The molecule has 1 unspecified atom stereocenters. The lowest BCUT2D eigenvalue weighted by Crippen LogP contribution is -2.45. The van der Waals surface area contributed by atoms with E-state index in [4.69, 9.17) is 4.74 Å². The molecule has 7 nitrogen and oxygen atoms in total. The summed E-state index contributed by atoms with van der Waals surface area (Å²) < 4.78 is 5.08. The van der Waals surface area contributed by atoms with Gasteiger partial charge in [-0.3, -0.25) is 4.79 Å². The van der Waals surface area contributed by atoms with E-state index in [1.54, 1.807) is 12.1 Å². The number of aromatic hydroxyl groups is 1. The molecule has 2 aliphatic rings. The van der Waals surface area contributed by atoms with Gasteiger partial charge in [0.2, 0.25) is 5.91 Å². The maximum absolute atomic E-state index is 12.6. The summed E-state index contributed by atoms with van der Waals surface area (Å²) in [6.45, 7) is 4.80. The van der Waals surface area contributed by atoms with Gasteiger partial charge >= 0.3 is 0 Å². The van der Waals surface area contributed by atoms with E-state index in [0.29, 0.717) is 18.2 Å². The van der Waals surface area contributed by atoms with E-state index in [9.17, 15) is 9.90 Å². The van der Waals surface area contributed by atoms with Gasteiger partial charge in [0.1, 0.15) is 0 Å². The van der Waals surface area contributed by atoms with Crippen molar-refractivity contribution in [1.29, 1.82) is 0 Å². The number of carbonyl (C=O) groups excluding carboxylic acids is 1. The summed E-state index contributed by atoms with van der Waals surface area (Å²) in [5, 5.41) is 16.6. The van der Waals surface area contributed by atoms with Crippen molar-refractivity contribution < 1.29 is 14.6 Å². The fourth-order valence-electron chi connectivity index (χ4n) is 4.03. The zero-order chi connectivity index (χ0) is 19.9. The summed E-state index contributed by atoms with van der Waals surface area (Å²) in [6.07, 6.45) is 5.40. The first-order chi connectivity index (χ1) is 13.6. The molecule has 0 aromatic heterocycles. The van der Waals surface area contributed by atoms with Crippen LogP contribution in [-0.2, 0) is 11.3 Å². The number of methoxy groups -OCH3 is 1. The van der Waals surface area contributed by atoms with Gasteiger partial charge in [-0.2, -0.15) is 0 Å². The maximum Gasteiger partial charge on any atom is 0.225 e. The summed E-state index contributed by atoms with van der Waals surface area (Å²) in [6, 6.07) is 5.52. The Labute approximate surface area is 167 Å². The van der Waals surface area contributed by atoms with Gasteiger partial charge in [0.15, 0.2) is 17.5 Å². The molecule has 0 bridgehead atoms. The van der Waals surface area contributed by atoms with Gasteiger partial charge in [0.05, 0.1) is 13.7 Å². The third kappa shape index (κ3) is 5.09. The zero-order valence-electron chi connectivity index (χ0n) is 16.9. The van der Waals surface area contributed by atoms with Gasteiger partial charge in [0.25, 0.3) is 0 Å². The highest BCUT2D eigenvalue weighted by Crippen LogP contribution is 2.28. The number of guanidine groups is 1. The van der Waals surface area contributed by atoms with Crippen molar-refractivity contribution in [2.45, 2.75) is 51.6 Å². The van der Waals surface area contributed by atoms with Crippen molar-refractivity contribution in [2.24, 2.45) is 10.9 Å². The molecule has 1 saturated carbocycles. The largest absolute Gasteiger partial charge is 0.504 e. The predicted molar refractivity (Wildman–Crippen MR) is 110 cm³/mol. The van der Waals surface area contributed by atoms with Crippen LogP contribution in [0.4, 0.5) is 0 Å². The first-order valence-corrected chi connectivity index (χ1v) is 10.3. The number of ether oxygens (including phenoxy) is 1. The lowest BCUT2D eigenvalue weighted by molar-refractivity contribution is -0.134. The summed E-state index contributed by atoms with van der Waals surface area (Å²) in [4.78, 5) is 19.3. The molecule has 1 aliphatic heterocycles. The highest BCUT2D eigenvalue weighted by molar-refractivity contribution is 5.81. The van der Waals surface area contributed by atoms with E-state index in [2.05, 4.69) is 15.6 Å². The quantitative estimate of drug-likeness (QED) is 0.514. The number of nitrogens with one attached hydrogen (secondary N) is 2. The Hall–Kier alpha value is -2.44. The molecule has 7 heteroatoms. The molecule has 3 N–H and O–H groups in total. The van der Waals surface area contributed by atoms with Crippen molar-refractivity contribution >= 4 is 11.9 Å². The third-order valence-electron chi connectivity index (χ3n) is 5.55. The topological polar surface area (TPSA) is 86.2 Å².